The van der Waals surface area contributed by atoms with Gasteiger partial charge < -0.3 is 9.64 Å². The Morgan fingerprint density at radius 3 is 2.30 bits per heavy atom. The van der Waals surface area contributed by atoms with Gasteiger partial charge in [-0.25, -0.2) is 8.42 Å². The van der Waals surface area contributed by atoms with E-state index in [2.05, 4.69) is 0 Å². The van der Waals surface area contributed by atoms with Gasteiger partial charge in [0.1, 0.15) is 0 Å². The lowest BCUT2D eigenvalue weighted by atomic mass is 10.2. The molecule has 2 heterocycles. The minimum Gasteiger partial charge on any atom is -0.378 e. The van der Waals surface area contributed by atoms with Crippen LogP contribution in [0.4, 0.5) is 0 Å². The standard InChI is InChI=1S/C18H24ClN3O4S/c19-17-3-1-16(2-4-17)5-14-27(24,25)22-8-6-20(7-9-22)15-18(23)21-10-12-26-13-11-21/h1-5,14H,6-13,15H2. The molecule has 7 nitrogen and oxygen atoms in total. The summed E-state index contributed by atoms with van der Waals surface area (Å²) in [6, 6.07) is 6.98. The van der Waals surface area contributed by atoms with Crippen LogP contribution in [0.1, 0.15) is 5.56 Å². The minimum absolute atomic E-state index is 0.0808. The number of piperazine rings is 1. The number of morpholine rings is 1. The average Bonchev–Trinajstić information content (AvgIpc) is 2.69. The highest BCUT2D eigenvalue weighted by Gasteiger charge is 2.27. The number of carbonyl (C=O) groups is 1. The Bertz CT molecular complexity index is 768. The molecule has 1 aromatic rings. The number of hydrogen-bond acceptors (Lipinski definition) is 5. The lowest BCUT2D eigenvalue weighted by molar-refractivity contribution is -0.136. The minimum atomic E-state index is -3.48. The Labute approximate surface area is 165 Å². The fourth-order valence-electron chi connectivity index (χ4n) is 3.07. The van der Waals surface area contributed by atoms with Gasteiger partial charge in [0, 0.05) is 49.7 Å². The van der Waals surface area contributed by atoms with E-state index in [0.717, 1.165) is 5.56 Å². The zero-order chi connectivity index (χ0) is 19.3. The molecule has 2 fully saturated rings. The maximum atomic E-state index is 12.5. The first kappa shape index (κ1) is 20.3. The molecule has 0 aliphatic carbocycles. The van der Waals surface area contributed by atoms with Gasteiger partial charge in [-0.3, -0.25) is 9.69 Å². The molecule has 27 heavy (non-hydrogen) atoms. The average molecular weight is 414 g/mol. The van der Waals surface area contributed by atoms with Gasteiger partial charge in [0.15, 0.2) is 0 Å². The third-order valence-electron chi connectivity index (χ3n) is 4.72. The van der Waals surface area contributed by atoms with Gasteiger partial charge in [-0.15, -0.1) is 0 Å². The summed E-state index contributed by atoms with van der Waals surface area (Å²) < 4.78 is 31.7. The van der Waals surface area contributed by atoms with Crippen molar-refractivity contribution in [2.75, 3.05) is 59.0 Å². The van der Waals surface area contributed by atoms with Gasteiger partial charge in [0.25, 0.3) is 0 Å². The highest BCUT2D eigenvalue weighted by atomic mass is 35.5. The summed E-state index contributed by atoms with van der Waals surface area (Å²) in [5, 5.41) is 1.84. The van der Waals surface area contributed by atoms with Crippen LogP contribution in [0.25, 0.3) is 6.08 Å². The summed E-state index contributed by atoms with van der Waals surface area (Å²) in [5.74, 6) is 0.0808. The Hall–Kier alpha value is -1.45. The normalized spacial score (nSPS) is 20.3. The summed E-state index contributed by atoms with van der Waals surface area (Å²) >= 11 is 5.83. The van der Waals surface area contributed by atoms with Crippen molar-refractivity contribution < 1.29 is 17.9 Å². The topological polar surface area (TPSA) is 70.2 Å². The van der Waals surface area contributed by atoms with Crippen LogP contribution in [0.5, 0.6) is 0 Å². The molecule has 0 unspecified atom stereocenters. The van der Waals surface area contributed by atoms with Crippen LogP contribution >= 0.6 is 11.6 Å². The van der Waals surface area contributed by atoms with Crippen LogP contribution in [0, 0.1) is 0 Å². The van der Waals surface area contributed by atoms with Gasteiger partial charge in [0.05, 0.1) is 19.8 Å². The third kappa shape index (κ3) is 5.76. The number of carbonyl (C=O) groups excluding carboxylic acids is 1. The van der Waals surface area contributed by atoms with Crippen LogP contribution in [-0.4, -0.2) is 87.5 Å². The molecule has 9 heteroatoms. The molecule has 0 bridgehead atoms. The second-order valence-electron chi connectivity index (χ2n) is 6.57. The van der Waals surface area contributed by atoms with Gasteiger partial charge in [-0.05, 0) is 23.8 Å². The van der Waals surface area contributed by atoms with Crippen LogP contribution in [0.2, 0.25) is 5.02 Å². The van der Waals surface area contributed by atoms with Crippen molar-refractivity contribution in [3.05, 3.63) is 40.3 Å². The zero-order valence-electron chi connectivity index (χ0n) is 15.1. The van der Waals surface area contributed by atoms with Crippen molar-refractivity contribution in [3.8, 4) is 0 Å². The van der Waals surface area contributed by atoms with Gasteiger partial charge in [0.2, 0.25) is 15.9 Å². The van der Waals surface area contributed by atoms with Crippen molar-refractivity contribution >= 4 is 33.6 Å². The molecule has 2 aliphatic heterocycles. The molecule has 0 saturated carbocycles. The van der Waals surface area contributed by atoms with Crippen molar-refractivity contribution in [1.82, 2.24) is 14.1 Å². The summed E-state index contributed by atoms with van der Waals surface area (Å²) in [6.07, 6.45) is 1.57. The Kier molecular flexibility index (Phi) is 6.88. The summed E-state index contributed by atoms with van der Waals surface area (Å²) in [4.78, 5) is 16.1. The Morgan fingerprint density at radius 2 is 1.67 bits per heavy atom. The van der Waals surface area contributed by atoms with Crippen LogP contribution in [0.15, 0.2) is 29.7 Å². The molecule has 148 valence electrons. The number of sulfonamides is 1. The molecule has 2 saturated heterocycles. The van der Waals surface area contributed by atoms with E-state index in [0.29, 0.717) is 64.0 Å². The number of amides is 1. The second kappa shape index (κ2) is 9.16. The largest absolute Gasteiger partial charge is 0.378 e. The summed E-state index contributed by atoms with van der Waals surface area (Å²) in [6.45, 7) is 4.59. The number of rotatable bonds is 5. The smallest absolute Gasteiger partial charge is 0.236 e. The number of halogens is 1. The zero-order valence-corrected chi connectivity index (χ0v) is 16.7. The quantitative estimate of drug-likeness (QED) is 0.723. The van der Waals surface area contributed by atoms with Crippen LogP contribution in [-0.2, 0) is 19.6 Å². The van der Waals surface area contributed by atoms with E-state index in [1.165, 1.54) is 9.71 Å². The second-order valence-corrected chi connectivity index (χ2v) is 8.82. The van der Waals surface area contributed by atoms with Crippen molar-refractivity contribution in [2.45, 2.75) is 0 Å². The molecule has 0 N–H and O–H groups in total. The Balaban J connectivity index is 1.50. The predicted molar refractivity (Wildman–Crippen MR) is 105 cm³/mol. The molecule has 0 spiro atoms. The lowest BCUT2D eigenvalue weighted by Gasteiger charge is -2.35. The first-order chi connectivity index (χ1) is 12.9. The van der Waals surface area contributed by atoms with E-state index >= 15 is 0 Å². The van der Waals surface area contributed by atoms with E-state index in [4.69, 9.17) is 16.3 Å². The van der Waals surface area contributed by atoms with Crippen LogP contribution in [0.3, 0.4) is 0 Å². The van der Waals surface area contributed by atoms with Crippen molar-refractivity contribution in [3.63, 3.8) is 0 Å². The number of benzene rings is 1. The van der Waals surface area contributed by atoms with Gasteiger partial charge in [-0.1, -0.05) is 23.7 Å². The number of hydrogen-bond donors (Lipinski definition) is 0. The van der Waals surface area contributed by atoms with Gasteiger partial charge in [-0.2, -0.15) is 4.31 Å². The fraction of sp³-hybridized carbons (Fsp3) is 0.500. The number of nitrogens with zero attached hydrogens (tertiary/aromatic N) is 3. The molecule has 2 aliphatic rings. The summed E-state index contributed by atoms with van der Waals surface area (Å²) in [5.41, 5.74) is 0.776. The Morgan fingerprint density at radius 1 is 1.04 bits per heavy atom. The molecule has 1 amide bonds. The monoisotopic (exact) mass is 413 g/mol. The third-order valence-corrected chi connectivity index (χ3v) is 6.53. The fourth-order valence-corrected chi connectivity index (χ4v) is 4.37. The first-order valence-electron chi connectivity index (χ1n) is 8.96. The highest BCUT2D eigenvalue weighted by Crippen LogP contribution is 2.14. The maximum absolute atomic E-state index is 12.5. The SMILES string of the molecule is O=C(CN1CCN(S(=O)(=O)C=Cc2ccc(Cl)cc2)CC1)N1CCOCC1. The predicted octanol–water partition coefficient (Wildman–Crippen LogP) is 1.12. The molecule has 0 aromatic heterocycles. The van der Waals surface area contributed by atoms with E-state index < -0.39 is 10.0 Å². The molecule has 3 rings (SSSR count). The molecular formula is C18H24ClN3O4S. The highest BCUT2D eigenvalue weighted by molar-refractivity contribution is 7.92. The number of ether oxygens (including phenoxy) is 1. The lowest BCUT2D eigenvalue weighted by Crippen LogP contribution is -2.52. The van der Waals surface area contributed by atoms with Crippen molar-refractivity contribution in [2.24, 2.45) is 0 Å². The molecule has 1 aromatic carbocycles. The van der Waals surface area contributed by atoms with E-state index in [-0.39, 0.29) is 5.91 Å². The van der Waals surface area contributed by atoms with Gasteiger partial charge >= 0.3 is 0 Å². The maximum Gasteiger partial charge on any atom is 0.236 e. The molecule has 0 radical (unpaired) electrons. The van der Waals surface area contributed by atoms with Crippen LogP contribution < -0.4 is 0 Å². The van der Waals surface area contributed by atoms with E-state index in [1.807, 2.05) is 9.80 Å². The first-order valence-corrected chi connectivity index (χ1v) is 10.8. The molecular weight excluding hydrogens is 390 g/mol. The van der Waals surface area contributed by atoms with E-state index in [1.54, 1.807) is 30.3 Å². The van der Waals surface area contributed by atoms with E-state index in [9.17, 15) is 13.2 Å². The molecule has 0 atom stereocenters. The summed E-state index contributed by atoms with van der Waals surface area (Å²) in [7, 11) is -3.48. The van der Waals surface area contributed by atoms with Crippen molar-refractivity contribution in [1.29, 1.82) is 0 Å².